The van der Waals surface area contributed by atoms with Crippen molar-refractivity contribution < 1.29 is 4.79 Å². The maximum Gasteiger partial charge on any atom is 0.253 e. The van der Waals surface area contributed by atoms with Crippen molar-refractivity contribution in [3.63, 3.8) is 0 Å². The summed E-state index contributed by atoms with van der Waals surface area (Å²) in [5, 5.41) is 3.00. The number of anilines is 1. The van der Waals surface area contributed by atoms with E-state index in [9.17, 15) is 9.59 Å². The standard InChI is InChI=1S/C20H25N3O2/c1-16-8-9-18(22-11-4-5-12-22)17(15-16)20(25)21-10-6-14-23-13-3-2-7-19(23)24/h2-3,7-9,13,15H,4-6,10-12,14H2,1H3,(H,21,25). The van der Waals surface area contributed by atoms with Gasteiger partial charge in [-0.05, 0) is 44.4 Å². The minimum atomic E-state index is -0.0361. The van der Waals surface area contributed by atoms with Crippen LogP contribution in [0.2, 0.25) is 0 Å². The van der Waals surface area contributed by atoms with Gasteiger partial charge in [0.05, 0.1) is 5.56 Å². The molecule has 0 bridgehead atoms. The van der Waals surface area contributed by atoms with Crippen LogP contribution in [0.4, 0.5) is 5.69 Å². The van der Waals surface area contributed by atoms with E-state index < -0.39 is 0 Å². The Hall–Kier alpha value is -2.56. The number of carbonyl (C=O) groups excluding carboxylic acids is 1. The summed E-state index contributed by atoms with van der Waals surface area (Å²) in [6.45, 7) is 5.19. The lowest BCUT2D eigenvalue weighted by molar-refractivity contribution is 0.0953. The van der Waals surface area contributed by atoms with E-state index in [-0.39, 0.29) is 11.5 Å². The molecule has 1 aromatic carbocycles. The molecular weight excluding hydrogens is 314 g/mol. The molecule has 1 N–H and O–H groups in total. The molecule has 0 saturated carbocycles. The van der Waals surface area contributed by atoms with Crippen molar-refractivity contribution in [3.8, 4) is 0 Å². The van der Waals surface area contributed by atoms with Gasteiger partial charge in [0.1, 0.15) is 0 Å². The van der Waals surface area contributed by atoms with E-state index in [2.05, 4.69) is 22.3 Å². The fourth-order valence-corrected chi connectivity index (χ4v) is 3.26. The lowest BCUT2D eigenvalue weighted by atomic mass is 10.1. The van der Waals surface area contributed by atoms with Crippen molar-refractivity contribution in [3.05, 3.63) is 64.1 Å². The first-order valence-corrected chi connectivity index (χ1v) is 8.94. The molecule has 1 aliphatic heterocycles. The summed E-state index contributed by atoms with van der Waals surface area (Å²) in [6.07, 6.45) is 4.86. The molecule has 5 heteroatoms. The Bertz CT molecular complexity index is 792. The summed E-state index contributed by atoms with van der Waals surface area (Å²) in [4.78, 5) is 26.6. The molecule has 25 heavy (non-hydrogen) atoms. The summed E-state index contributed by atoms with van der Waals surface area (Å²) in [7, 11) is 0. The number of hydrogen-bond donors (Lipinski definition) is 1. The van der Waals surface area contributed by atoms with Gasteiger partial charge in [0, 0.05) is 44.1 Å². The minimum absolute atomic E-state index is 0.0103. The molecule has 3 rings (SSSR count). The van der Waals surface area contributed by atoms with Gasteiger partial charge in [0.25, 0.3) is 5.91 Å². The lowest BCUT2D eigenvalue weighted by Gasteiger charge is -2.21. The molecule has 0 radical (unpaired) electrons. The zero-order chi connectivity index (χ0) is 17.6. The minimum Gasteiger partial charge on any atom is -0.371 e. The van der Waals surface area contributed by atoms with Gasteiger partial charge in [0.15, 0.2) is 0 Å². The first-order chi connectivity index (χ1) is 12.1. The lowest BCUT2D eigenvalue weighted by Crippen LogP contribution is -2.29. The largest absolute Gasteiger partial charge is 0.371 e. The second-order valence-corrected chi connectivity index (χ2v) is 6.56. The summed E-state index contributed by atoms with van der Waals surface area (Å²) < 4.78 is 1.66. The summed E-state index contributed by atoms with van der Waals surface area (Å²) in [5.41, 5.74) is 2.85. The fraction of sp³-hybridized carbons (Fsp3) is 0.400. The third-order valence-electron chi connectivity index (χ3n) is 4.60. The average molecular weight is 339 g/mol. The van der Waals surface area contributed by atoms with E-state index in [0.29, 0.717) is 13.1 Å². The molecule has 0 spiro atoms. The van der Waals surface area contributed by atoms with Gasteiger partial charge in [0.2, 0.25) is 5.56 Å². The van der Waals surface area contributed by atoms with Crippen LogP contribution in [0.1, 0.15) is 35.2 Å². The Labute approximate surface area is 148 Å². The molecule has 1 aromatic heterocycles. The van der Waals surface area contributed by atoms with Gasteiger partial charge in [-0.15, -0.1) is 0 Å². The SMILES string of the molecule is Cc1ccc(N2CCCC2)c(C(=O)NCCCn2ccccc2=O)c1. The number of nitrogens with one attached hydrogen (secondary N) is 1. The number of benzene rings is 1. The summed E-state index contributed by atoms with van der Waals surface area (Å²) in [5.74, 6) is -0.0361. The highest BCUT2D eigenvalue weighted by atomic mass is 16.1. The Morgan fingerprint density at radius 3 is 2.72 bits per heavy atom. The van der Waals surface area contributed by atoms with E-state index in [1.807, 2.05) is 19.1 Å². The van der Waals surface area contributed by atoms with E-state index >= 15 is 0 Å². The molecule has 132 valence electrons. The number of amides is 1. The molecule has 1 saturated heterocycles. The van der Waals surface area contributed by atoms with Gasteiger partial charge in [-0.25, -0.2) is 0 Å². The van der Waals surface area contributed by atoms with Crippen LogP contribution < -0.4 is 15.8 Å². The van der Waals surface area contributed by atoms with Crippen molar-refractivity contribution >= 4 is 11.6 Å². The van der Waals surface area contributed by atoms with E-state index in [0.717, 1.165) is 36.3 Å². The molecule has 0 atom stereocenters. The van der Waals surface area contributed by atoms with E-state index in [1.54, 1.807) is 22.9 Å². The first kappa shape index (κ1) is 17.3. The average Bonchev–Trinajstić information content (AvgIpc) is 3.14. The zero-order valence-electron chi connectivity index (χ0n) is 14.7. The van der Waals surface area contributed by atoms with Crippen molar-refractivity contribution in [2.24, 2.45) is 0 Å². The van der Waals surface area contributed by atoms with Crippen molar-refractivity contribution in [2.75, 3.05) is 24.5 Å². The van der Waals surface area contributed by atoms with Crippen LogP contribution in [0.25, 0.3) is 0 Å². The zero-order valence-corrected chi connectivity index (χ0v) is 14.7. The molecule has 5 nitrogen and oxygen atoms in total. The third-order valence-corrected chi connectivity index (χ3v) is 4.60. The number of aromatic nitrogens is 1. The molecule has 1 fully saturated rings. The van der Waals surface area contributed by atoms with Gasteiger partial charge in [-0.3, -0.25) is 9.59 Å². The van der Waals surface area contributed by atoms with Crippen LogP contribution in [-0.2, 0) is 6.54 Å². The Kier molecular flexibility index (Phi) is 5.53. The van der Waals surface area contributed by atoms with E-state index in [4.69, 9.17) is 0 Å². The number of carbonyl (C=O) groups is 1. The molecule has 0 unspecified atom stereocenters. The second-order valence-electron chi connectivity index (χ2n) is 6.56. The van der Waals surface area contributed by atoms with Crippen molar-refractivity contribution in [2.45, 2.75) is 32.7 Å². The van der Waals surface area contributed by atoms with Crippen LogP contribution in [0.15, 0.2) is 47.4 Å². The van der Waals surface area contributed by atoms with Crippen LogP contribution in [0.5, 0.6) is 0 Å². The number of rotatable bonds is 6. The highest BCUT2D eigenvalue weighted by molar-refractivity contribution is 6.00. The van der Waals surface area contributed by atoms with Gasteiger partial charge >= 0.3 is 0 Å². The van der Waals surface area contributed by atoms with Crippen LogP contribution in [-0.4, -0.2) is 30.1 Å². The molecule has 0 aliphatic carbocycles. The highest BCUT2D eigenvalue weighted by Crippen LogP contribution is 2.25. The predicted molar refractivity (Wildman–Crippen MR) is 100 cm³/mol. The Morgan fingerprint density at radius 1 is 1.16 bits per heavy atom. The topological polar surface area (TPSA) is 54.3 Å². The highest BCUT2D eigenvalue weighted by Gasteiger charge is 2.19. The van der Waals surface area contributed by atoms with E-state index in [1.165, 1.54) is 12.8 Å². The molecule has 1 amide bonds. The maximum atomic E-state index is 12.6. The fourth-order valence-electron chi connectivity index (χ4n) is 3.26. The number of pyridine rings is 1. The normalized spacial score (nSPS) is 13.9. The molecule has 2 aromatic rings. The smallest absolute Gasteiger partial charge is 0.253 e. The molecule has 1 aliphatic rings. The maximum absolute atomic E-state index is 12.6. The summed E-state index contributed by atoms with van der Waals surface area (Å²) in [6, 6.07) is 11.2. The number of hydrogen-bond acceptors (Lipinski definition) is 3. The van der Waals surface area contributed by atoms with Crippen LogP contribution >= 0.6 is 0 Å². The van der Waals surface area contributed by atoms with Crippen molar-refractivity contribution in [1.29, 1.82) is 0 Å². The van der Waals surface area contributed by atoms with Gasteiger partial charge < -0.3 is 14.8 Å². The molecular formula is C20H25N3O2. The third kappa shape index (κ3) is 4.29. The summed E-state index contributed by atoms with van der Waals surface area (Å²) >= 11 is 0. The number of aryl methyl sites for hydroxylation is 2. The monoisotopic (exact) mass is 339 g/mol. The Balaban J connectivity index is 1.60. The molecule has 2 heterocycles. The Morgan fingerprint density at radius 2 is 1.96 bits per heavy atom. The van der Waals surface area contributed by atoms with Crippen molar-refractivity contribution in [1.82, 2.24) is 9.88 Å². The van der Waals surface area contributed by atoms with Gasteiger partial charge in [-0.1, -0.05) is 17.7 Å². The van der Waals surface area contributed by atoms with Crippen LogP contribution in [0, 0.1) is 6.92 Å². The first-order valence-electron chi connectivity index (χ1n) is 8.94. The van der Waals surface area contributed by atoms with Gasteiger partial charge in [-0.2, -0.15) is 0 Å². The second kappa shape index (κ2) is 8.01. The quantitative estimate of drug-likeness (QED) is 0.823. The number of nitrogens with zero attached hydrogens (tertiary/aromatic N) is 2. The van der Waals surface area contributed by atoms with Crippen LogP contribution in [0.3, 0.4) is 0 Å². The predicted octanol–water partition coefficient (Wildman–Crippen LogP) is 2.58.